The van der Waals surface area contributed by atoms with Crippen LogP contribution >= 0.6 is 71.9 Å². The third-order valence-corrected chi connectivity index (χ3v) is 6.49. The van der Waals surface area contributed by atoms with E-state index >= 15 is 0 Å². The van der Waals surface area contributed by atoms with Crippen molar-refractivity contribution in [2.75, 3.05) is 16.0 Å². The van der Waals surface area contributed by atoms with Crippen molar-refractivity contribution in [2.45, 2.75) is 17.5 Å². The molecular formula is C6H12AlBr3O9P3+3. The molecule has 0 aliphatic carbocycles. The second-order valence-electron chi connectivity index (χ2n) is 2.76. The summed E-state index contributed by atoms with van der Waals surface area (Å²) >= 11 is 8.34. The second-order valence-corrected chi connectivity index (χ2v) is 8.20. The molecule has 0 saturated carbocycles. The zero-order valence-corrected chi connectivity index (χ0v) is 19.3. The Bertz CT molecular complexity index is 279. The Kier molecular flexibility index (Phi) is 30.4. The first-order valence-electron chi connectivity index (χ1n) is 4.67. The minimum absolute atomic E-state index is 0. The Labute approximate surface area is 165 Å². The molecule has 0 aromatic heterocycles. The van der Waals surface area contributed by atoms with Crippen molar-refractivity contribution in [2.24, 2.45) is 0 Å². The van der Waals surface area contributed by atoms with E-state index in [0.717, 1.165) is 0 Å². The maximum atomic E-state index is 9.69. The van der Waals surface area contributed by atoms with E-state index in [0.29, 0.717) is 0 Å². The van der Waals surface area contributed by atoms with E-state index in [1.165, 1.54) is 0 Å². The van der Waals surface area contributed by atoms with Crippen molar-refractivity contribution < 1.29 is 43.7 Å². The van der Waals surface area contributed by atoms with E-state index in [1.807, 2.05) is 0 Å². The van der Waals surface area contributed by atoms with E-state index < -0.39 is 41.6 Å². The Hall–Kier alpha value is 2.03. The van der Waals surface area contributed by atoms with Gasteiger partial charge in [-0.25, -0.2) is 0 Å². The summed E-state index contributed by atoms with van der Waals surface area (Å²) in [6, 6.07) is 0. The van der Waals surface area contributed by atoms with E-state index in [9.17, 15) is 28.4 Å². The van der Waals surface area contributed by atoms with Crippen LogP contribution in [0.3, 0.4) is 0 Å². The summed E-state index contributed by atoms with van der Waals surface area (Å²) in [6.45, 7) is 0. The van der Waals surface area contributed by atoms with Crippen LogP contribution in [0.2, 0.25) is 0 Å². The van der Waals surface area contributed by atoms with Crippen LogP contribution in [0.15, 0.2) is 0 Å². The average Bonchev–Trinajstić information content (AvgIpc) is 2.45. The van der Waals surface area contributed by atoms with E-state index in [-0.39, 0.29) is 33.4 Å². The Morgan fingerprint density at radius 2 is 0.818 bits per heavy atom. The smallest absolute Gasteiger partial charge is 0.593 e. The summed E-state index contributed by atoms with van der Waals surface area (Å²) in [6.07, 6.45) is 0. The largest absolute Gasteiger partial charge is 3.00 e. The normalized spacial score (nSPS) is 15.4. The number of halogens is 3. The minimum atomic E-state index is -2.65. The fourth-order valence-corrected chi connectivity index (χ4v) is 2.63. The SMILES string of the molecule is O=[P+]([O-])C(O)CBr.O=[P+]([O-])C(O)CBr.O=[P+]([O-])C(O)CBr.[Al+3]. The van der Waals surface area contributed by atoms with Crippen molar-refractivity contribution in [3.8, 4) is 0 Å². The van der Waals surface area contributed by atoms with Crippen LogP contribution in [-0.4, -0.2) is 66.2 Å². The summed E-state index contributed by atoms with van der Waals surface area (Å²) in [4.78, 5) is 29.1. The second kappa shape index (κ2) is 21.1. The molecule has 0 spiro atoms. The van der Waals surface area contributed by atoms with Gasteiger partial charge in [0.05, 0.1) is 16.0 Å². The quantitative estimate of drug-likeness (QED) is 0.200. The first-order chi connectivity index (χ1) is 9.54. The van der Waals surface area contributed by atoms with Crippen molar-refractivity contribution in [1.29, 1.82) is 0 Å². The maximum Gasteiger partial charge on any atom is 3.00 e. The molecule has 6 atom stereocenters. The summed E-state index contributed by atoms with van der Waals surface area (Å²) in [5, 5.41) is 25.1. The number of hydrogen-bond acceptors (Lipinski definition) is 9. The molecule has 16 heteroatoms. The van der Waals surface area contributed by atoms with Crippen LogP contribution in [0, 0.1) is 0 Å². The molecule has 0 heterocycles. The minimum Gasteiger partial charge on any atom is -0.593 e. The van der Waals surface area contributed by atoms with E-state index in [1.54, 1.807) is 0 Å². The van der Waals surface area contributed by atoms with Gasteiger partial charge in [0, 0.05) is 0 Å². The molecule has 22 heavy (non-hydrogen) atoms. The zero-order valence-electron chi connectivity index (χ0n) is 10.7. The zero-order chi connectivity index (χ0) is 17.6. The third kappa shape index (κ3) is 24.3. The number of rotatable bonds is 6. The predicted octanol–water partition coefficient (Wildman–Crippen LogP) is -0.974. The monoisotopic (exact) mass is 585 g/mol. The van der Waals surface area contributed by atoms with Gasteiger partial charge in [0.25, 0.3) is 17.5 Å². The van der Waals surface area contributed by atoms with Crippen LogP contribution in [-0.2, 0) is 13.7 Å². The Morgan fingerprint density at radius 3 is 0.818 bits per heavy atom. The van der Waals surface area contributed by atoms with Crippen LogP contribution in [0.4, 0.5) is 0 Å². The van der Waals surface area contributed by atoms with Crippen molar-refractivity contribution in [3.05, 3.63) is 0 Å². The number of alkyl halides is 3. The number of aliphatic hydroxyl groups excluding tert-OH is 3. The van der Waals surface area contributed by atoms with Crippen LogP contribution in [0.1, 0.15) is 0 Å². The first kappa shape index (κ1) is 31.8. The van der Waals surface area contributed by atoms with Crippen molar-refractivity contribution >= 4 is 89.2 Å². The molecule has 3 N–H and O–H groups in total. The predicted molar refractivity (Wildman–Crippen MR) is 88.0 cm³/mol. The Morgan fingerprint density at radius 1 is 0.682 bits per heavy atom. The molecule has 9 nitrogen and oxygen atoms in total. The fourth-order valence-electron chi connectivity index (χ4n) is 0.169. The molecule has 0 saturated heterocycles. The molecule has 0 fully saturated rings. The summed E-state index contributed by atoms with van der Waals surface area (Å²) in [5.41, 5.74) is 0. The molecular weight excluding hydrogens is 576 g/mol. The van der Waals surface area contributed by atoms with Gasteiger partial charge in [-0.3, -0.25) is 0 Å². The molecule has 0 aliphatic heterocycles. The fraction of sp³-hybridized carbons (Fsp3) is 1.00. The van der Waals surface area contributed by atoms with Crippen LogP contribution in [0.25, 0.3) is 0 Å². The molecule has 126 valence electrons. The summed E-state index contributed by atoms with van der Waals surface area (Å²) in [5.74, 6) is -3.68. The Balaban J connectivity index is -0.000000108. The molecule has 0 radical (unpaired) electrons. The summed E-state index contributed by atoms with van der Waals surface area (Å²) < 4.78 is 29.1. The van der Waals surface area contributed by atoms with Crippen molar-refractivity contribution in [1.82, 2.24) is 0 Å². The third-order valence-electron chi connectivity index (χ3n) is 1.14. The molecule has 0 rings (SSSR count). The van der Waals surface area contributed by atoms with Gasteiger partial charge in [-0.05, 0) is 0 Å². The molecule has 0 aromatic rings. The van der Waals surface area contributed by atoms with Gasteiger partial charge in [0.2, 0.25) is 0 Å². The standard InChI is InChI=1S/3C2H4BrO3P.Al/c3*3-1-2(4)7(5)6;/h3*2,4H,1H2;/q;;;+3. The van der Waals surface area contributed by atoms with Crippen molar-refractivity contribution in [3.63, 3.8) is 0 Å². The molecule has 0 bridgehead atoms. The summed E-state index contributed by atoms with van der Waals surface area (Å²) in [7, 11) is -7.96. The van der Waals surface area contributed by atoms with Crippen LogP contribution < -0.4 is 14.7 Å². The molecule has 0 aliphatic rings. The molecule has 6 unspecified atom stereocenters. The van der Waals surface area contributed by atoms with Gasteiger partial charge in [-0.2, -0.15) is 0 Å². The maximum absolute atomic E-state index is 9.69. The van der Waals surface area contributed by atoms with Gasteiger partial charge < -0.3 is 30.0 Å². The first-order valence-corrected chi connectivity index (χ1v) is 11.8. The molecule has 0 aromatic carbocycles. The number of hydrogen-bond donors (Lipinski definition) is 3. The van der Waals surface area contributed by atoms with Crippen LogP contribution in [0.5, 0.6) is 0 Å². The van der Waals surface area contributed by atoms with Gasteiger partial charge >= 0.3 is 41.4 Å². The number of aliphatic hydroxyl groups is 3. The van der Waals surface area contributed by atoms with Gasteiger partial charge in [0.1, 0.15) is 0 Å². The van der Waals surface area contributed by atoms with E-state index in [4.69, 9.17) is 15.3 Å². The topological polar surface area (TPSA) is 181 Å². The van der Waals surface area contributed by atoms with Gasteiger partial charge in [-0.15, -0.1) is 0 Å². The van der Waals surface area contributed by atoms with E-state index in [2.05, 4.69) is 47.8 Å². The van der Waals surface area contributed by atoms with Gasteiger partial charge in [0.15, 0.2) is 0 Å². The van der Waals surface area contributed by atoms with Gasteiger partial charge in [-0.1, -0.05) is 61.5 Å². The average molecular weight is 588 g/mol. The molecule has 0 amide bonds.